The SMILES string of the molecule is C=Nc1cc(Br)ccc1C(=C)OC. The van der Waals surface area contributed by atoms with E-state index in [9.17, 15) is 0 Å². The molecule has 0 aromatic heterocycles. The van der Waals surface area contributed by atoms with Gasteiger partial charge in [-0.2, -0.15) is 0 Å². The standard InChI is InChI=1S/C10H10BrNO/c1-7(13-3)9-5-4-8(11)6-10(9)12-2/h4-6H,1-2H2,3H3. The molecule has 0 amide bonds. The van der Waals surface area contributed by atoms with Gasteiger partial charge in [-0.05, 0) is 24.9 Å². The molecule has 2 nitrogen and oxygen atoms in total. The molecule has 68 valence electrons. The van der Waals surface area contributed by atoms with Gasteiger partial charge < -0.3 is 4.74 Å². The highest BCUT2D eigenvalue weighted by Gasteiger charge is 2.04. The Morgan fingerprint density at radius 2 is 2.23 bits per heavy atom. The van der Waals surface area contributed by atoms with Gasteiger partial charge in [-0.3, -0.25) is 4.99 Å². The molecule has 0 unspecified atom stereocenters. The molecule has 3 heteroatoms. The summed E-state index contributed by atoms with van der Waals surface area (Å²) < 4.78 is 5.98. The average molecular weight is 240 g/mol. The van der Waals surface area contributed by atoms with E-state index in [2.05, 4.69) is 34.2 Å². The Hall–Kier alpha value is -1.09. The predicted octanol–water partition coefficient (Wildman–Crippen LogP) is 3.40. The Morgan fingerprint density at radius 3 is 2.77 bits per heavy atom. The number of rotatable bonds is 3. The van der Waals surface area contributed by atoms with Gasteiger partial charge in [0.05, 0.1) is 12.8 Å². The van der Waals surface area contributed by atoms with E-state index in [0.717, 1.165) is 15.7 Å². The fraction of sp³-hybridized carbons (Fsp3) is 0.100. The van der Waals surface area contributed by atoms with Crippen molar-refractivity contribution >= 4 is 34.1 Å². The molecule has 1 aromatic rings. The maximum absolute atomic E-state index is 5.02. The fourth-order valence-electron chi connectivity index (χ4n) is 0.981. The van der Waals surface area contributed by atoms with Crippen LogP contribution in [0.4, 0.5) is 5.69 Å². The van der Waals surface area contributed by atoms with Crippen LogP contribution in [0, 0.1) is 0 Å². The Labute approximate surface area is 86.1 Å². The molecule has 0 aliphatic rings. The minimum atomic E-state index is 0.593. The smallest absolute Gasteiger partial charge is 0.121 e. The molecule has 0 heterocycles. The number of hydrogen-bond donors (Lipinski definition) is 0. The van der Waals surface area contributed by atoms with Crippen LogP contribution in [0.3, 0.4) is 0 Å². The van der Waals surface area contributed by atoms with Gasteiger partial charge in [0, 0.05) is 10.0 Å². The van der Waals surface area contributed by atoms with Crippen molar-refractivity contribution in [3.05, 3.63) is 34.8 Å². The zero-order valence-corrected chi connectivity index (χ0v) is 8.97. The molecule has 0 N–H and O–H groups in total. The van der Waals surface area contributed by atoms with Crippen molar-refractivity contribution in [2.75, 3.05) is 7.11 Å². The van der Waals surface area contributed by atoms with Crippen LogP contribution < -0.4 is 0 Å². The van der Waals surface area contributed by atoms with E-state index >= 15 is 0 Å². The topological polar surface area (TPSA) is 21.6 Å². The number of benzene rings is 1. The third kappa shape index (κ3) is 2.18. The summed E-state index contributed by atoms with van der Waals surface area (Å²) >= 11 is 3.35. The Balaban J connectivity index is 3.20. The summed E-state index contributed by atoms with van der Waals surface area (Å²) in [4.78, 5) is 3.88. The number of ether oxygens (including phenoxy) is 1. The molecule has 13 heavy (non-hydrogen) atoms. The van der Waals surface area contributed by atoms with Crippen molar-refractivity contribution in [2.45, 2.75) is 0 Å². The Kier molecular flexibility index (Phi) is 3.25. The molecular weight excluding hydrogens is 230 g/mol. The maximum atomic E-state index is 5.02. The van der Waals surface area contributed by atoms with Gasteiger partial charge in [-0.25, -0.2) is 0 Å². The molecular formula is C10H10BrNO. The van der Waals surface area contributed by atoms with E-state index in [1.54, 1.807) is 7.11 Å². The second-order valence-corrected chi connectivity index (χ2v) is 3.36. The molecule has 1 rings (SSSR count). The van der Waals surface area contributed by atoms with Crippen LogP contribution in [-0.4, -0.2) is 13.8 Å². The fourth-order valence-corrected chi connectivity index (χ4v) is 1.33. The molecule has 0 aliphatic carbocycles. The van der Waals surface area contributed by atoms with Crippen molar-refractivity contribution < 1.29 is 4.74 Å². The molecule has 0 aliphatic heterocycles. The summed E-state index contributed by atoms with van der Waals surface area (Å²) in [6.07, 6.45) is 0. The molecule has 0 bridgehead atoms. The lowest BCUT2D eigenvalue weighted by molar-refractivity contribution is 0.371. The zero-order chi connectivity index (χ0) is 9.84. The molecule has 1 aromatic carbocycles. The van der Waals surface area contributed by atoms with Crippen molar-refractivity contribution in [3.63, 3.8) is 0 Å². The van der Waals surface area contributed by atoms with Gasteiger partial charge in [0.2, 0.25) is 0 Å². The van der Waals surface area contributed by atoms with Gasteiger partial charge in [-0.1, -0.05) is 22.5 Å². The van der Waals surface area contributed by atoms with Crippen molar-refractivity contribution in [1.29, 1.82) is 0 Å². The zero-order valence-electron chi connectivity index (χ0n) is 7.38. The van der Waals surface area contributed by atoms with Gasteiger partial charge in [0.25, 0.3) is 0 Å². The molecule has 0 spiro atoms. The highest BCUT2D eigenvalue weighted by Crippen LogP contribution is 2.28. The van der Waals surface area contributed by atoms with E-state index in [1.165, 1.54) is 0 Å². The summed E-state index contributed by atoms with van der Waals surface area (Å²) in [5, 5.41) is 0. The molecule has 0 radical (unpaired) electrons. The van der Waals surface area contributed by atoms with E-state index in [0.29, 0.717) is 5.76 Å². The molecule has 0 atom stereocenters. The van der Waals surface area contributed by atoms with Crippen LogP contribution in [0.15, 0.2) is 34.2 Å². The van der Waals surface area contributed by atoms with Gasteiger partial charge >= 0.3 is 0 Å². The van der Waals surface area contributed by atoms with Crippen LogP contribution in [0.1, 0.15) is 5.56 Å². The molecule has 0 saturated carbocycles. The number of methoxy groups -OCH3 is 1. The van der Waals surface area contributed by atoms with E-state index in [1.807, 2.05) is 18.2 Å². The number of aliphatic imine (C=N–C) groups is 1. The maximum Gasteiger partial charge on any atom is 0.121 e. The Bertz CT molecular complexity index is 347. The van der Waals surface area contributed by atoms with Gasteiger partial charge in [-0.15, -0.1) is 0 Å². The normalized spacial score (nSPS) is 9.38. The van der Waals surface area contributed by atoms with Gasteiger partial charge in [0.1, 0.15) is 5.76 Å². The lowest BCUT2D eigenvalue weighted by Crippen LogP contribution is -1.85. The first-order valence-electron chi connectivity index (χ1n) is 3.68. The highest BCUT2D eigenvalue weighted by molar-refractivity contribution is 9.10. The molecule has 0 saturated heterocycles. The third-order valence-electron chi connectivity index (χ3n) is 1.68. The third-order valence-corrected chi connectivity index (χ3v) is 2.17. The number of nitrogens with zero attached hydrogens (tertiary/aromatic N) is 1. The predicted molar refractivity (Wildman–Crippen MR) is 59.4 cm³/mol. The minimum Gasteiger partial charge on any atom is -0.497 e. The first kappa shape index (κ1) is 9.99. The largest absolute Gasteiger partial charge is 0.497 e. The summed E-state index contributed by atoms with van der Waals surface area (Å²) in [6.45, 7) is 7.24. The first-order chi connectivity index (χ1) is 6.19. The summed E-state index contributed by atoms with van der Waals surface area (Å²) in [5.74, 6) is 0.593. The number of hydrogen-bond acceptors (Lipinski definition) is 2. The van der Waals surface area contributed by atoms with Crippen LogP contribution in [0.25, 0.3) is 5.76 Å². The summed E-state index contributed by atoms with van der Waals surface area (Å²) in [6, 6.07) is 5.67. The summed E-state index contributed by atoms with van der Waals surface area (Å²) in [5.41, 5.74) is 1.63. The number of halogens is 1. The van der Waals surface area contributed by atoms with Gasteiger partial charge in [0.15, 0.2) is 0 Å². The van der Waals surface area contributed by atoms with E-state index < -0.39 is 0 Å². The Morgan fingerprint density at radius 1 is 1.54 bits per heavy atom. The molecule has 0 fully saturated rings. The van der Waals surface area contributed by atoms with Crippen LogP contribution in [-0.2, 0) is 4.74 Å². The van der Waals surface area contributed by atoms with Crippen LogP contribution in [0.2, 0.25) is 0 Å². The second kappa shape index (κ2) is 4.23. The van der Waals surface area contributed by atoms with E-state index in [4.69, 9.17) is 4.74 Å². The monoisotopic (exact) mass is 239 g/mol. The summed E-state index contributed by atoms with van der Waals surface area (Å²) in [7, 11) is 1.58. The second-order valence-electron chi connectivity index (χ2n) is 2.45. The van der Waals surface area contributed by atoms with Crippen LogP contribution >= 0.6 is 15.9 Å². The lowest BCUT2D eigenvalue weighted by Gasteiger charge is -2.07. The lowest BCUT2D eigenvalue weighted by atomic mass is 10.1. The van der Waals surface area contributed by atoms with Crippen molar-refractivity contribution in [1.82, 2.24) is 0 Å². The average Bonchev–Trinajstić information content (AvgIpc) is 2.16. The van der Waals surface area contributed by atoms with Crippen molar-refractivity contribution in [2.24, 2.45) is 4.99 Å². The quantitative estimate of drug-likeness (QED) is 0.586. The van der Waals surface area contributed by atoms with Crippen LogP contribution in [0.5, 0.6) is 0 Å². The first-order valence-corrected chi connectivity index (χ1v) is 4.48. The highest BCUT2D eigenvalue weighted by atomic mass is 79.9. The van der Waals surface area contributed by atoms with Crippen molar-refractivity contribution in [3.8, 4) is 0 Å². The minimum absolute atomic E-state index is 0.593. The van der Waals surface area contributed by atoms with E-state index in [-0.39, 0.29) is 0 Å².